The topological polar surface area (TPSA) is 38.2 Å². The molecule has 92 valence electrons. The average molecular weight is 274 g/mol. The zero-order valence-corrected chi connectivity index (χ0v) is 10.8. The number of fused-ring (bicyclic) bond motifs is 1. The molecule has 0 radical (unpaired) electrons. The molecular formula is C11H13Cl2N3O. The Hall–Kier alpha value is -0.420. The highest BCUT2D eigenvalue weighted by molar-refractivity contribution is 6.32. The normalized spacial score (nSPS) is 21.8. The number of rotatable bonds is 1. The molecule has 0 N–H and O–H groups in total. The van der Waals surface area contributed by atoms with Gasteiger partial charge in [0.25, 0.3) is 0 Å². The van der Waals surface area contributed by atoms with Gasteiger partial charge in [-0.15, -0.1) is 0 Å². The third-order valence-corrected chi connectivity index (χ3v) is 3.92. The number of ether oxygens (including phenoxy) is 1. The SMILES string of the molecule is Clc1nc(Cl)c2c(n1)CN(C1CCOCC1)C2. The molecule has 0 saturated carbocycles. The second-order valence-electron chi connectivity index (χ2n) is 4.46. The van der Waals surface area contributed by atoms with Crippen molar-refractivity contribution in [3.8, 4) is 0 Å². The molecule has 0 spiro atoms. The van der Waals surface area contributed by atoms with Crippen molar-refractivity contribution in [1.29, 1.82) is 0 Å². The molecule has 3 heterocycles. The van der Waals surface area contributed by atoms with Gasteiger partial charge in [0, 0.05) is 37.9 Å². The van der Waals surface area contributed by atoms with Crippen molar-refractivity contribution in [3.05, 3.63) is 21.7 Å². The van der Waals surface area contributed by atoms with Gasteiger partial charge in [-0.3, -0.25) is 4.90 Å². The van der Waals surface area contributed by atoms with Gasteiger partial charge < -0.3 is 4.74 Å². The zero-order valence-electron chi connectivity index (χ0n) is 9.33. The van der Waals surface area contributed by atoms with Crippen LogP contribution in [-0.2, 0) is 17.8 Å². The van der Waals surface area contributed by atoms with E-state index in [9.17, 15) is 0 Å². The number of aromatic nitrogens is 2. The van der Waals surface area contributed by atoms with Gasteiger partial charge >= 0.3 is 0 Å². The largest absolute Gasteiger partial charge is 0.381 e. The van der Waals surface area contributed by atoms with E-state index in [1.807, 2.05) is 0 Å². The van der Waals surface area contributed by atoms with Crippen LogP contribution in [0.1, 0.15) is 24.1 Å². The van der Waals surface area contributed by atoms with Crippen LogP contribution < -0.4 is 0 Å². The summed E-state index contributed by atoms with van der Waals surface area (Å²) in [5.41, 5.74) is 2.00. The summed E-state index contributed by atoms with van der Waals surface area (Å²) in [7, 11) is 0. The molecule has 6 heteroatoms. The standard InChI is InChI=1S/C11H13Cl2N3O/c12-10-8-5-16(7-1-3-17-4-2-7)6-9(8)14-11(13)15-10/h7H,1-6H2. The van der Waals surface area contributed by atoms with Crippen LogP contribution in [0.4, 0.5) is 0 Å². The van der Waals surface area contributed by atoms with Crippen LogP contribution in [0.2, 0.25) is 10.4 Å². The average Bonchev–Trinajstić information content (AvgIpc) is 2.74. The molecule has 0 bridgehead atoms. The third-order valence-electron chi connectivity index (χ3n) is 3.44. The Kier molecular flexibility index (Phi) is 3.21. The Morgan fingerprint density at radius 3 is 2.65 bits per heavy atom. The van der Waals surface area contributed by atoms with Crippen molar-refractivity contribution < 1.29 is 4.74 Å². The molecule has 2 aliphatic rings. The van der Waals surface area contributed by atoms with Crippen molar-refractivity contribution in [1.82, 2.24) is 14.9 Å². The van der Waals surface area contributed by atoms with E-state index in [0.29, 0.717) is 11.2 Å². The highest BCUT2D eigenvalue weighted by Crippen LogP contribution is 2.31. The van der Waals surface area contributed by atoms with Gasteiger partial charge in [0.15, 0.2) is 0 Å². The van der Waals surface area contributed by atoms with Crippen LogP contribution in [0.25, 0.3) is 0 Å². The van der Waals surface area contributed by atoms with E-state index >= 15 is 0 Å². The van der Waals surface area contributed by atoms with E-state index in [4.69, 9.17) is 27.9 Å². The van der Waals surface area contributed by atoms with E-state index in [0.717, 1.165) is 50.4 Å². The van der Waals surface area contributed by atoms with Crippen molar-refractivity contribution in [2.45, 2.75) is 32.0 Å². The fourth-order valence-corrected chi connectivity index (χ4v) is 3.00. The first-order valence-corrected chi connectivity index (χ1v) is 6.52. The lowest BCUT2D eigenvalue weighted by Crippen LogP contribution is -2.35. The molecule has 1 fully saturated rings. The van der Waals surface area contributed by atoms with Crippen LogP contribution in [0.5, 0.6) is 0 Å². The summed E-state index contributed by atoms with van der Waals surface area (Å²) in [6.45, 7) is 3.34. The summed E-state index contributed by atoms with van der Waals surface area (Å²) in [5.74, 6) is 0. The summed E-state index contributed by atoms with van der Waals surface area (Å²) in [6.07, 6.45) is 2.15. The molecule has 2 aliphatic heterocycles. The van der Waals surface area contributed by atoms with Gasteiger partial charge in [0.2, 0.25) is 5.28 Å². The molecule has 0 unspecified atom stereocenters. The molecule has 0 atom stereocenters. The fourth-order valence-electron chi connectivity index (χ4n) is 2.52. The van der Waals surface area contributed by atoms with Crippen molar-refractivity contribution in [3.63, 3.8) is 0 Å². The third kappa shape index (κ3) is 2.27. The lowest BCUT2D eigenvalue weighted by molar-refractivity contribution is 0.0324. The Balaban J connectivity index is 1.80. The molecular weight excluding hydrogens is 261 g/mol. The van der Waals surface area contributed by atoms with Gasteiger partial charge in [-0.2, -0.15) is 0 Å². The number of halogens is 2. The summed E-state index contributed by atoms with van der Waals surface area (Å²) < 4.78 is 5.38. The molecule has 0 aromatic carbocycles. The second kappa shape index (κ2) is 4.69. The maximum atomic E-state index is 6.09. The van der Waals surface area contributed by atoms with E-state index in [2.05, 4.69) is 14.9 Å². The van der Waals surface area contributed by atoms with E-state index in [-0.39, 0.29) is 5.28 Å². The van der Waals surface area contributed by atoms with Crippen molar-refractivity contribution in [2.24, 2.45) is 0 Å². The predicted octanol–water partition coefficient (Wildman–Crippen LogP) is 2.28. The first-order chi connectivity index (χ1) is 8.24. The first kappa shape index (κ1) is 11.7. The summed E-state index contributed by atoms with van der Waals surface area (Å²) in [6, 6.07) is 0.563. The van der Waals surface area contributed by atoms with Crippen LogP contribution in [0.3, 0.4) is 0 Å². The lowest BCUT2D eigenvalue weighted by atomic mass is 10.1. The second-order valence-corrected chi connectivity index (χ2v) is 5.15. The van der Waals surface area contributed by atoms with Gasteiger partial charge in [-0.25, -0.2) is 9.97 Å². The maximum Gasteiger partial charge on any atom is 0.224 e. The Morgan fingerprint density at radius 1 is 1.12 bits per heavy atom. The molecule has 3 rings (SSSR count). The minimum absolute atomic E-state index is 0.238. The maximum absolute atomic E-state index is 6.09. The lowest BCUT2D eigenvalue weighted by Gasteiger charge is -2.30. The first-order valence-electron chi connectivity index (χ1n) is 5.76. The molecule has 4 nitrogen and oxygen atoms in total. The van der Waals surface area contributed by atoms with Crippen LogP contribution >= 0.6 is 23.2 Å². The summed E-state index contributed by atoms with van der Waals surface area (Å²) in [4.78, 5) is 10.6. The zero-order chi connectivity index (χ0) is 11.8. The quantitative estimate of drug-likeness (QED) is 0.581. The smallest absolute Gasteiger partial charge is 0.224 e. The Labute approximate surface area is 110 Å². The minimum atomic E-state index is 0.238. The number of nitrogens with zero attached hydrogens (tertiary/aromatic N) is 3. The highest BCUT2D eigenvalue weighted by atomic mass is 35.5. The van der Waals surface area contributed by atoms with Gasteiger partial charge in [0.05, 0.1) is 5.69 Å². The van der Waals surface area contributed by atoms with Gasteiger partial charge in [0.1, 0.15) is 5.15 Å². The Morgan fingerprint density at radius 2 is 1.88 bits per heavy atom. The van der Waals surface area contributed by atoms with Crippen LogP contribution in [0, 0.1) is 0 Å². The van der Waals surface area contributed by atoms with E-state index < -0.39 is 0 Å². The summed E-state index contributed by atoms with van der Waals surface area (Å²) in [5, 5.41) is 0.733. The van der Waals surface area contributed by atoms with E-state index in [1.54, 1.807) is 0 Å². The minimum Gasteiger partial charge on any atom is -0.381 e. The monoisotopic (exact) mass is 273 g/mol. The van der Waals surface area contributed by atoms with E-state index in [1.165, 1.54) is 0 Å². The van der Waals surface area contributed by atoms with Crippen molar-refractivity contribution >= 4 is 23.2 Å². The van der Waals surface area contributed by atoms with Gasteiger partial charge in [-0.05, 0) is 24.4 Å². The molecule has 1 aromatic rings. The highest BCUT2D eigenvalue weighted by Gasteiger charge is 2.30. The van der Waals surface area contributed by atoms with Crippen LogP contribution in [-0.4, -0.2) is 34.1 Å². The van der Waals surface area contributed by atoms with Crippen LogP contribution in [0.15, 0.2) is 0 Å². The van der Waals surface area contributed by atoms with Gasteiger partial charge in [-0.1, -0.05) is 11.6 Å². The van der Waals surface area contributed by atoms with Crippen molar-refractivity contribution in [2.75, 3.05) is 13.2 Å². The predicted molar refractivity (Wildman–Crippen MR) is 65.1 cm³/mol. The molecule has 0 aliphatic carbocycles. The number of hydrogen-bond donors (Lipinski definition) is 0. The Bertz CT molecular complexity index is 435. The summed E-state index contributed by atoms with van der Waals surface area (Å²) >= 11 is 11.9. The molecule has 1 aromatic heterocycles. The molecule has 1 saturated heterocycles. The molecule has 17 heavy (non-hydrogen) atoms. The molecule has 0 amide bonds. The number of hydrogen-bond acceptors (Lipinski definition) is 4. The fraction of sp³-hybridized carbons (Fsp3) is 0.636.